The number of carbonyl (C=O) groups excluding carboxylic acids is 18. The number of hydrogen-bond donors (Lipinski definition) is 24. The zero-order chi connectivity index (χ0) is 104. The molecule has 12 rings (SSSR count). The van der Waals surface area contributed by atoms with Crippen LogP contribution in [0.1, 0.15) is 169 Å². The molecule has 146 heavy (non-hydrogen) atoms. The summed E-state index contributed by atoms with van der Waals surface area (Å²) in [4.78, 5) is 283. The molecule has 6 aromatic heterocycles. The molecule has 788 valence electrons. The number of hydrogen-bond acceptors (Lipinski definition) is 29. The highest BCUT2D eigenvalue weighted by molar-refractivity contribution is 8.00. The summed E-state index contributed by atoms with van der Waals surface area (Å²) in [5.41, 5.74) is 20.2. The number of amides is 16. The number of para-hydroxylation sites is 1. The first-order valence-corrected chi connectivity index (χ1v) is 50.4. The number of Topliss-reactive ketones (excluding diaryl/α,β-unsaturated/α-hetero) is 3. The van der Waals surface area contributed by atoms with Crippen LogP contribution in [0.3, 0.4) is 0 Å². The number of H-pyrrole nitrogens is 4. The molecule has 4 bridgehead atoms. The van der Waals surface area contributed by atoms with Crippen LogP contribution >= 0.6 is 11.8 Å². The van der Waals surface area contributed by atoms with Crippen LogP contribution in [0.5, 0.6) is 0 Å². The number of imidazole rings is 3. The fraction of sp³-hybridized carbons (Fsp3) is 0.570. The van der Waals surface area contributed by atoms with E-state index in [9.17, 15) is 67.4 Å². The number of nitrogens with one attached hydrogen (secondary N) is 20. The SMILES string of the molecule is CC(O)[C@H]1NC(=O)[C@@H](Cc2c[nH]cn2)NC(=O)CNC(=O)[C@@H](N)CCCCn2cc(nn2)C[C@@H](C(=O)C[C@@H](CCCCNC(=O)CCCCC2SC[C@@H]3NC(=O)N[C@H]23)C(=O)NCC(=O)C[C@H]2CCCCn3cc(nn3)C[C@@H](C(N)=O)NC(=O)[C@@H](Cc3c[nH]cn3)NC(=O)CNC(=O)[C@@H](CCCNC(=N)N)CC(=O)CNC(=O)[C@@H](Cc3c[nH]cn3)NC2=O)NC(=O)[C@H]2CCCN2C(=O)[C@@H](Cc2c[nH]c3ccccc23)NC1=O. The minimum Gasteiger partial charge on any atom is -0.391 e. The Morgan fingerprint density at radius 2 is 1.17 bits per heavy atom. The number of rotatable bonds is 32. The summed E-state index contributed by atoms with van der Waals surface area (Å²) in [5.74, 6) is -16.7. The molecule has 27 N–H and O–H groups in total. The van der Waals surface area contributed by atoms with E-state index in [0.29, 0.717) is 47.1 Å². The van der Waals surface area contributed by atoms with E-state index in [-0.39, 0.29) is 201 Å². The number of guanidine groups is 1. The number of aromatic nitrogens is 13. The van der Waals surface area contributed by atoms with Gasteiger partial charge in [0.05, 0.1) is 104 Å². The van der Waals surface area contributed by atoms with Crippen LogP contribution in [-0.4, -0.2) is 316 Å². The summed E-state index contributed by atoms with van der Waals surface area (Å²) in [6.45, 7) is -0.991. The maximum absolute atomic E-state index is 15.7. The van der Waals surface area contributed by atoms with E-state index < -0.39 is 218 Å². The number of carbonyl (C=O) groups is 18. The van der Waals surface area contributed by atoms with Gasteiger partial charge in [-0.15, -0.1) is 10.2 Å². The number of benzene rings is 1. The van der Waals surface area contributed by atoms with Crippen LogP contribution in [0.15, 0.2) is 80.4 Å². The standard InChI is InChI=1S/C93H131N33O19S/c1-51(127)79-90(143)116-71(30-55-37-103-65-19-3-2-17-63(55)65)91(144)126-27-13-20-73(126)89(142)113-66(35-59-45-125(122-120-59)26-11-8-18-64(94)85(138)107-44-78(133)112-70(88(141)118-79)34-58-40-100-50-110-58)74(130)31-54(14-6-9-23-101-76(131)22-5-4-21-75-80-72(47-146-75)117-93(145)119-80)83(136)104-41-62(129)29-53-15-7-10-25-124-46-60(121-123-124)36-67(81(95)134)114-87(140)69(33-57-39-99-49-109-57)111-77(132)43-106-82(135)52(16-12-24-102-92(96)97)28-61(128)42-105-86(139)68(115-84(53)137)32-56-38-98-48-108-56/h2-3,17,19,37-40,45-46,48-54,64,66-73,75,79-80,103,127H,4-16,18,20-36,41-44,47,94H2,1H3,(H2,95,134)(H,98,108)(H,99,109)(H,100,110)(H,101,131)(H,104,136)(H,105,139)(H,106,135)(H,107,138)(H,111,132)(H,112,133)(H,113,142)(H,114,140)(H,115,137)(H,116,143)(H,118,141)(H4,96,97,102)(H2,117,119,145)/t51?,52-,53+,54+,64-,66-,67-,68+,69+,70+,71+,72-,73+,75?,79+,80-/m0/s1. The second kappa shape index (κ2) is 54.7. The topological polar surface area (TPSA) is 776 Å². The Kier molecular flexibility index (Phi) is 41.1. The Labute approximate surface area is 842 Å². The monoisotopic (exact) mass is 2050 g/mol. The fourth-order valence-electron chi connectivity index (χ4n) is 18.3. The molecule has 7 aromatic rings. The number of nitrogens with zero attached hydrogens (tertiary/aromatic N) is 10. The highest BCUT2D eigenvalue weighted by Gasteiger charge is 2.45. The van der Waals surface area contributed by atoms with E-state index in [1.807, 2.05) is 0 Å². The molecule has 5 aliphatic rings. The summed E-state index contributed by atoms with van der Waals surface area (Å²) in [7, 11) is 0. The first-order valence-electron chi connectivity index (χ1n) is 49.3. The van der Waals surface area contributed by atoms with Gasteiger partial charge in [-0.05, 0) is 102 Å². The molecular weight excluding hydrogens is 1920 g/mol. The molecule has 0 radical (unpaired) electrons. The Balaban J connectivity index is 0.800. The second-order valence-electron chi connectivity index (χ2n) is 37.4. The van der Waals surface area contributed by atoms with Gasteiger partial charge in [0.1, 0.15) is 42.3 Å². The largest absolute Gasteiger partial charge is 0.391 e. The van der Waals surface area contributed by atoms with E-state index in [1.165, 1.54) is 71.2 Å². The van der Waals surface area contributed by atoms with E-state index in [1.54, 1.807) is 42.2 Å². The van der Waals surface area contributed by atoms with Crippen LogP contribution in [0.4, 0.5) is 4.79 Å². The Hall–Kier alpha value is -14.9. The van der Waals surface area contributed by atoms with Crippen molar-refractivity contribution in [2.75, 3.05) is 51.6 Å². The molecule has 1 aromatic carbocycles. The van der Waals surface area contributed by atoms with Gasteiger partial charge >= 0.3 is 6.03 Å². The van der Waals surface area contributed by atoms with Gasteiger partial charge in [0, 0.05) is 174 Å². The third-order valence-electron chi connectivity index (χ3n) is 26.2. The normalized spacial score (nSPS) is 24.3. The molecule has 3 fully saturated rings. The molecule has 0 spiro atoms. The average Bonchev–Trinajstić information content (AvgIpc) is 1.64. The van der Waals surface area contributed by atoms with Crippen molar-refractivity contribution < 1.29 is 91.4 Å². The minimum absolute atomic E-state index is 0.00285. The number of fused-ring (bicyclic) bond motifs is 7. The Morgan fingerprint density at radius 1 is 0.562 bits per heavy atom. The lowest BCUT2D eigenvalue weighted by Gasteiger charge is -2.31. The van der Waals surface area contributed by atoms with Gasteiger partial charge in [-0.3, -0.25) is 96.3 Å². The molecule has 5 aliphatic heterocycles. The van der Waals surface area contributed by atoms with Crippen molar-refractivity contribution in [1.82, 2.24) is 150 Å². The predicted molar refractivity (Wildman–Crippen MR) is 522 cm³/mol. The highest BCUT2D eigenvalue weighted by atomic mass is 32.2. The number of unbranched alkanes of at least 4 members (excludes halogenated alkanes) is 2. The lowest BCUT2D eigenvalue weighted by atomic mass is 9.91. The molecule has 16 amide bonds. The van der Waals surface area contributed by atoms with Crippen molar-refractivity contribution in [3.8, 4) is 0 Å². The average molecular weight is 2050 g/mol. The third-order valence-corrected chi connectivity index (χ3v) is 27.7. The smallest absolute Gasteiger partial charge is 0.315 e. The molecule has 52 nitrogen and oxygen atoms in total. The minimum atomic E-state index is -1.80. The number of aliphatic hydroxyl groups excluding tert-OH is 1. The van der Waals surface area contributed by atoms with Gasteiger partial charge in [0.25, 0.3) is 0 Å². The van der Waals surface area contributed by atoms with Crippen LogP contribution in [0.25, 0.3) is 10.9 Å². The Morgan fingerprint density at radius 3 is 1.82 bits per heavy atom. The number of urea groups is 1. The molecule has 0 saturated carbocycles. The summed E-state index contributed by atoms with van der Waals surface area (Å²) in [6, 6.07) is -6.07. The van der Waals surface area contributed by atoms with Crippen LogP contribution < -0.4 is 97.0 Å². The molecule has 2 unspecified atom stereocenters. The van der Waals surface area contributed by atoms with Gasteiger partial charge < -0.3 is 127 Å². The summed E-state index contributed by atoms with van der Waals surface area (Å²) in [6.07, 6.45) is 12.6. The molecule has 3 saturated heterocycles. The van der Waals surface area contributed by atoms with Crippen LogP contribution in [-0.2, 0) is 133 Å². The zero-order valence-corrected chi connectivity index (χ0v) is 81.9. The van der Waals surface area contributed by atoms with Crippen molar-refractivity contribution in [3.05, 3.63) is 114 Å². The first kappa shape index (κ1) is 110. The quantitative estimate of drug-likeness (QED) is 0.00810. The molecule has 53 heteroatoms. The van der Waals surface area contributed by atoms with Gasteiger partial charge in [-0.2, -0.15) is 11.8 Å². The molecule has 11 heterocycles. The Bertz CT molecular complexity index is 5690. The van der Waals surface area contributed by atoms with Crippen LogP contribution in [0.2, 0.25) is 0 Å². The lowest BCUT2D eigenvalue weighted by Crippen LogP contribution is -2.61. The van der Waals surface area contributed by atoms with E-state index in [2.05, 4.69) is 135 Å². The summed E-state index contributed by atoms with van der Waals surface area (Å²) in [5, 5.41) is 77.4. The van der Waals surface area contributed by atoms with E-state index in [4.69, 9.17) is 22.6 Å². The van der Waals surface area contributed by atoms with Crippen LogP contribution in [0, 0.1) is 23.2 Å². The predicted octanol–water partition coefficient (Wildman–Crippen LogP) is -5.31. The van der Waals surface area contributed by atoms with E-state index in [0.717, 1.165) is 18.6 Å². The molecule has 0 aliphatic carbocycles. The van der Waals surface area contributed by atoms with Crippen molar-refractivity contribution in [3.63, 3.8) is 0 Å². The third kappa shape index (κ3) is 33.6. The second-order valence-corrected chi connectivity index (χ2v) is 38.7. The number of aryl methyl sites for hydroxylation is 2. The summed E-state index contributed by atoms with van der Waals surface area (Å²) < 4.78 is 2.90. The van der Waals surface area contributed by atoms with Gasteiger partial charge in [0.2, 0.25) is 82.7 Å². The van der Waals surface area contributed by atoms with Crippen molar-refractivity contribution in [2.24, 2.45) is 35.0 Å². The number of primary amides is 1. The van der Waals surface area contributed by atoms with Crippen molar-refractivity contribution in [2.45, 2.75) is 265 Å². The summed E-state index contributed by atoms with van der Waals surface area (Å²) >= 11 is 1.77. The van der Waals surface area contributed by atoms with Crippen molar-refractivity contribution in [1.29, 1.82) is 5.41 Å². The molecule has 16 atom stereocenters. The number of thioether (sulfide) groups is 1. The maximum Gasteiger partial charge on any atom is 0.315 e. The van der Waals surface area contributed by atoms with E-state index >= 15 is 24.0 Å². The number of nitrogens with two attached hydrogens (primary N) is 3. The zero-order valence-electron chi connectivity index (χ0n) is 81.1. The van der Waals surface area contributed by atoms with Crippen molar-refractivity contribution >= 4 is 135 Å². The maximum atomic E-state index is 15.7. The first-order chi connectivity index (χ1) is 70.2. The highest BCUT2D eigenvalue weighted by Crippen LogP contribution is 2.34. The molecular formula is C93H131N33O19S. The number of aliphatic hydroxyl groups is 1. The fourth-order valence-corrected chi connectivity index (χ4v) is 19.9. The lowest BCUT2D eigenvalue weighted by molar-refractivity contribution is -0.143. The number of ketones is 3. The van der Waals surface area contributed by atoms with Gasteiger partial charge in [0.15, 0.2) is 23.3 Å². The number of aromatic amines is 4. The van der Waals surface area contributed by atoms with Gasteiger partial charge in [-0.25, -0.2) is 19.7 Å². The van der Waals surface area contributed by atoms with Gasteiger partial charge in [-0.1, -0.05) is 47.9 Å².